The van der Waals surface area contributed by atoms with E-state index in [9.17, 15) is 9.59 Å². The fourth-order valence-corrected chi connectivity index (χ4v) is 2.48. The second-order valence-corrected chi connectivity index (χ2v) is 6.03. The molecule has 132 valence electrons. The molecule has 0 spiro atoms. The average Bonchev–Trinajstić information content (AvgIpc) is 3.45. The summed E-state index contributed by atoms with van der Waals surface area (Å²) in [6.07, 6.45) is 2.32. The van der Waals surface area contributed by atoms with Crippen molar-refractivity contribution in [3.05, 3.63) is 40.7 Å². The standard InChI is InChI=1S/C18H21N3O4/c1-24-15-7-5-13(9-16(15)25-2)14-6-8-18(23)21(20-14)11-17(22)19-10-12-3-4-12/h5-9,12H,3-4,10-11H2,1-2H3,(H,19,22). The summed E-state index contributed by atoms with van der Waals surface area (Å²) >= 11 is 0. The number of aromatic nitrogens is 2. The Balaban J connectivity index is 1.80. The number of carbonyl (C=O) groups excluding carboxylic acids is 1. The number of hydrogen-bond donors (Lipinski definition) is 1. The van der Waals surface area contributed by atoms with E-state index < -0.39 is 0 Å². The Morgan fingerprint density at radius 3 is 2.64 bits per heavy atom. The summed E-state index contributed by atoms with van der Waals surface area (Å²) in [7, 11) is 3.12. The largest absolute Gasteiger partial charge is 0.493 e. The molecule has 1 aromatic heterocycles. The molecule has 1 aliphatic rings. The molecule has 1 aliphatic carbocycles. The number of carbonyl (C=O) groups is 1. The molecule has 7 heteroatoms. The number of methoxy groups -OCH3 is 2. The van der Waals surface area contributed by atoms with E-state index in [0.29, 0.717) is 29.7 Å². The van der Waals surface area contributed by atoms with E-state index in [1.165, 1.54) is 10.7 Å². The van der Waals surface area contributed by atoms with E-state index in [1.807, 2.05) is 6.07 Å². The molecule has 1 aromatic carbocycles. The van der Waals surface area contributed by atoms with E-state index in [0.717, 1.165) is 18.4 Å². The lowest BCUT2D eigenvalue weighted by molar-refractivity contribution is -0.121. The van der Waals surface area contributed by atoms with Crippen molar-refractivity contribution in [3.8, 4) is 22.8 Å². The van der Waals surface area contributed by atoms with Gasteiger partial charge in [-0.25, -0.2) is 4.68 Å². The van der Waals surface area contributed by atoms with Gasteiger partial charge in [-0.15, -0.1) is 0 Å². The van der Waals surface area contributed by atoms with Crippen molar-refractivity contribution in [1.29, 1.82) is 0 Å². The molecule has 0 unspecified atom stereocenters. The van der Waals surface area contributed by atoms with Crippen LogP contribution < -0.4 is 20.3 Å². The highest BCUT2D eigenvalue weighted by Gasteiger charge is 2.21. The summed E-state index contributed by atoms with van der Waals surface area (Å²) in [5.41, 5.74) is 1.03. The Kier molecular flexibility index (Phi) is 5.02. The molecule has 0 radical (unpaired) electrons. The van der Waals surface area contributed by atoms with Gasteiger partial charge in [0, 0.05) is 18.2 Å². The normalized spacial score (nSPS) is 13.4. The highest BCUT2D eigenvalue weighted by Crippen LogP contribution is 2.31. The van der Waals surface area contributed by atoms with Crippen LogP contribution in [0.3, 0.4) is 0 Å². The monoisotopic (exact) mass is 343 g/mol. The SMILES string of the molecule is COc1ccc(-c2ccc(=O)n(CC(=O)NCC3CC3)n2)cc1OC. The Bertz CT molecular complexity index is 827. The Hall–Kier alpha value is -2.83. The number of hydrogen-bond acceptors (Lipinski definition) is 5. The second kappa shape index (κ2) is 7.38. The third-order valence-electron chi connectivity index (χ3n) is 4.12. The van der Waals surface area contributed by atoms with Crippen LogP contribution in [-0.2, 0) is 11.3 Å². The summed E-state index contributed by atoms with van der Waals surface area (Å²) in [5.74, 6) is 1.57. The first kappa shape index (κ1) is 17.0. The Labute approximate surface area is 145 Å². The Morgan fingerprint density at radius 2 is 1.96 bits per heavy atom. The van der Waals surface area contributed by atoms with Crippen molar-refractivity contribution in [2.75, 3.05) is 20.8 Å². The average molecular weight is 343 g/mol. The van der Waals surface area contributed by atoms with Crippen LogP contribution in [0.2, 0.25) is 0 Å². The molecule has 2 aromatic rings. The second-order valence-electron chi connectivity index (χ2n) is 6.03. The molecule has 0 aliphatic heterocycles. The van der Waals surface area contributed by atoms with Crippen LogP contribution in [0.4, 0.5) is 0 Å². The van der Waals surface area contributed by atoms with Gasteiger partial charge < -0.3 is 14.8 Å². The smallest absolute Gasteiger partial charge is 0.267 e. The quantitative estimate of drug-likeness (QED) is 0.823. The first-order valence-corrected chi connectivity index (χ1v) is 8.18. The van der Waals surface area contributed by atoms with Crippen LogP contribution >= 0.6 is 0 Å². The molecule has 7 nitrogen and oxygen atoms in total. The molecule has 3 rings (SSSR count). The molecular formula is C18H21N3O4. The van der Waals surface area contributed by atoms with Crippen molar-refractivity contribution in [3.63, 3.8) is 0 Å². The van der Waals surface area contributed by atoms with Gasteiger partial charge in [0.25, 0.3) is 5.56 Å². The first-order valence-electron chi connectivity index (χ1n) is 8.18. The zero-order chi connectivity index (χ0) is 17.8. The molecule has 1 amide bonds. The van der Waals surface area contributed by atoms with Crippen molar-refractivity contribution in [2.24, 2.45) is 5.92 Å². The third-order valence-corrected chi connectivity index (χ3v) is 4.12. The number of amides is 1. The maximum Gasteiger partial charge on any atom is 0.267 e. The molecule has 1 fully saturated rings. The van der Waals surface area contributed by atoms with E-state index in [1.54, 1.807) is 32.4 Å². The van der Waals surface area contributed by atoms with Crippen LogP contribution in [0, 0.1) is 5.92 Å². The van der Waals surface area contributed by atoms with Gasteiger partial charge in [0.15, 0.2) is 11.5 Å². The minimum Gasteiger partial charge on any atom is -0.493 e. The predicted octanol–water partition coefficient (Wildman–Crippen LogP) is 1.45. The first-order chi connectivity index (χ1) is 12.1. The highest BCUT2D eigenvalue weighted by molar-refractivity contribution is 5.75. The van der Waals surface area contributed by atoms with Gasteiger partial charge in [0.2, 0.25) is 5.91 Å². The predicted molar refractivity (Wildman–Crippen MR) is 92.8 cm³/mol. The third kappa shape index (κ3) is 4.17. The van der Waals surface area contributed by atoms with Crippen LogP contribution in [0.1, 0.15) is 12.8 Å². The summed E-state index contributed by atoms with van der Waals surface area (Å²) in [6.45, 7) is 0.579. The number of benzene rings is 1. The minimum atomic E-state index is -0.314. The molecule has 1 heterocycles. The molecule has 1 N–H and O–H groups in total. The summed E-state index contributed by atoms with van der Waals surface area (Å²) in [6, 6.07) is 8.41. The molecule has 0 saturated heterocycles. The van der Waals surface area contributed by atoms with Crippen molar-refractivity contribution < 1.29 is 14.3 Å². The van der Waals surface area contributed by atoms with Crippen molar-refractivity contribution in [1.82, 2.24) is 15.1 Å². The minimum absolute atomic E-state index is 0.0906. The van der Waals surface area contributed by atoms with Crippen LogP contribution in [0.15, 0.2) is 35.1 Å². The highest BCUT2D eigenvalue weighted by atomic mass is 16.5. The van der Waals surface area contributed by atoms with E-state index in [2.05, 4.69) is 10.4 Å². The number of ether oxygens (including phenoxy) is 2. The zero-order valence-electron chi connectivity index (χ0n) is 14.3. The fraction of sp³-hybridized carbons (Fsp3) is 0.389. The lowest BCUT2D eigenvalue weighted by atomic mass is 10.1. The number of rotatable bonds is 7. The number of nitrogens with zero attached hydrogens (tertiary/aromatic N) is 2. The van der Waals surface area contributed by atoms with E-state index in [4.69, 9.17) is 9.47 Å². The van der Waals surface area contributed by atoms with Crippen LogP contribution in [-0.4, -0.2) is 36.5 Å². The summed E-state index contributed by atoms with van der Waals surface area (Å²) < 4.78 is 11.7. The van der Waals surface area contributed by atoms with Gasteiger partial charge >= 0.3 is 0 Å². The zero-order valence-corrected chi connectivity index (χ0v) is 14.3. The van der Waals surface area contributed by atoms with Crippen molar-refractivity contribution >= 4 is 5.91 Å². The number of nitrogens with one attached hydrogen (secondary N) is 1. The van der Waals surface area contributed by atoms with Crippen LogP contribution in [0.5, 0.6) is 11.5 Å². The molecular weight excluding hydrogens is 322 g/mol. The molecule has 0 bridgehead atoms. The maximum atomic E-state index is 12.0. The van der Waals surface area contributed by atoms with Crippen molar-refractivity contribution in [2.45, 2.75) is 19.4 Å². The van der Waals surface area contributed by atoms with Gasteiger partial charge in [-0.3, -0.25) is 9.59 Å². The maximum absolute atomic E-state index is 12.0. The van der Waals surface area contributed by atoms with Gasteiger partial charge in [-0.1, -0.05) is 0 Å². The summed E-state index contributed by atoms with van der Waals surface area (Å²) in [5, 5.41) is 7.14. The fourth-order valence-electron chi connectivity index (χ4n) is 2.48. The topological polar surface area (TPSA) is 82.5 Å². The Morgan fingerprint density at radius 1 is 1.20 bits per heavy atom. The van der Waals surface area contributed by atoms with E-state index in [-0.39, 0.29) is 18.0 Å². The van der Waals surface area contributed by atoms with Gasteiger partial charge in [-0.05, 0) is 43.0 Å². The molecule has 25 heavy (non-hydrogen) atoms. The molecule has 0 atom stereocenters. The molecule has 1 saturated carbocycles. The lowest BCUT2D eigenvalue weighted by Gasteiger charge is -2.11. The van der Waals surface area contributed by atoms with Crippen LogP contribution in [0.25, 0.3) is 11.3 Å². The van der Waals surface area contributed by atoms with Gasteiger partial charge in [0.05, 0.1) is 19.9 Å². The summed E-state index contributed by atoms with van der Waals surface area (Å²) in [4.78, 5) is 24.0. The van der Waals surface area contributed by atoms with Gasteiger partial charge in [-0.2, -0.15) is 5.10 Å². The van der Waals surface area contributed by atoms with Gasteiger partial charge in [0.1, 0.15) is 6.54 Å². The lowest BCUT2D eigenvalue weighted by Crippen LogP contribution is -2.34. The van der Waals surface area contributed by atoms with E-state index >= 15 is 0 Å².